The predicted octanol–water partition coefficient (Wildman–Crippen LogP) is 8.69. The predicted molar refractivity (Wildman–Crippen MR) is 263 cm³/mol. The number of carbonyl (C=O) groups excluding carboxylic acids is 4. The molecule has 0 unspecified atom stereocenters. The minimum Gasteiger partial charge on any atom is -0.494 e. The van der Waals surface area contributed by atoms with Crippen molar-refractivity contribution in [2.45, 2.75) is 96.6 Å². The van der Waals surface area contributed by atoms with Crippen molar-refractivity contribution in [2.24, 2.45) is 5.41 Å². The summed E-state index contributed by atoms with van der Waals surface area (Å²) in [6.07, 6.45) is -0.688. The number of aryl methyl sites for hydroxylation is 1. The quantitative estimate of drug-likeness (QED) is 0.0632. The molecule has 372 valence electrons. The van der Waals surface area contributed by atoms with E-state index in [4.69, 9.17) is 26.1 Å². The van der Waals surface area contributed by atoms with E-state index in [9.17, 15) is 42.7 Å². The van der Waals surface area contributed by atoms with Crippen LogP contribution in [0.1, 0.15) is 77.0 Å². The number of hydrogen-bond acceptors (Lipinski definition) is 11. The molecule has 0 aliphatic carbocycles. The fourth-order valence-corrected chi connectivity index (χ4v) is 9.20. The summed E-state index contributed by atoms with van der Waals surface area (Å²) in [4.78, 5) is 62.2. The Morgan fingerprint density at radius 3 is 2.20 bits per heavy atom. The van der Waals surface area contributed by atoms with E-state index in [1.807, 2.05) is 81.4 Å². The standard InChI is InChI=1S/C53H55F3N6O8S/c1-51(2,3)47(48(66)60-30-40(63)27-43(60)44(64)23-10-33-8-11-36(12-9-33)45-29-58-32-70-45)59-46(65)31-68-24-6-7-25-69-41-21-16-35(17-22-41)34-13-18-38(19-14-34)62-50(71)61(49(67)52(62,4)5)39-20-15-37(28-57)42(26-39)53(54,55)56/h8-9,11-22,26,29,32,40,43,47,63H,6-7,10,23-25,27,30-31H2,1-5H3,(H,59,65)/t40-,43+,47-/m1/s1. The molecule has 71 heavy (non-hydrogen) atoms. The molecule has 2 aliphatic rings. The third-order valence-electron chi connectivity index (χ3n) is 12.5. The number of halogens is 3. The highest BCUT2D eigenvalue weighted by atomic mass is 32.1. The Hall–Kier alpha value is -6.94. The van der Waals surface area contributed by atoms with Crippen molar-refractivity contribution in [1.29, 1.82) is 5.26 Å². The lowest BCUT2D eigenvalue weighted by Crippen LogP contribution is -2.57. The monoisotopic (exact) mass is 992 g/mol. The Balaban J connectivity index is 0.841. The summed E-state index contributed by atoms with van der Waals surface area (Å²) in [5.41, 5.74) is 0.379. The van der Waals surface area contributed by atoms with Gasteiger partial charge in [0.05, 0.1) is 47.8 Å². The van der Waals surface area contributed by atoms with Crippen molar-refractivity contribution in [3.63, 3.8) is 0 Å². The number of oxazole rings is 1. The molecule has 3 amide bonds. The number of nitriles is 1. The second kappa shape index (κ2) is 21.6. The minimum absolute atomic E-state index is 0.00291. The molecule has 2 aliphatic heterocycles. The topological polar surface area (TPSA) is 179 Å². The molecule has 0 saturated carbocycles. The van der Waals surface area contributed by atoms with E-state index in [2.05, 4.69) is 10.3 Å². The number of Topliss-reactive ketones (excluding diaryl/α,β-unsaturated/α-hetero) is 1. The van der Waals surface area contributed by atoms with Gasteiger partial charge in [-0.05, 0) is 110 Å². The molecule has 2 N–H and O–H groups in total. The smallest absolute Gasteiger partial charge is 0.417 e. The van der Waals surface area contributed by atoms with E-state index in [1.54, 1.807) is 43.1 Å². The number of aliphatic hydroxyl groups is 1. The fourth-order valence-electron chi connectivity index (χ4n) is 8.68. The molecule has 2 saturated heterocycles. The highest BCUT2D eigenvalue weighted by molar-refractivity contribution is 7.81. The molecule has 18 heteroatoms. The molecule has 0 bridgehead atoms. The number of amides is 3. The summed E-state index contributed by atoms with van der Waals surface area (Å²) in [5, 5.41) is 22.6. The number of hydrogen-bond donors (Lipinski definition) is 2. The van der Waals surface area contributed by atoms with Gasteiger partial charge in [0.1, 0.15) is 23.9 Å². The van der Waals surface area contributed by atoms with Gasteiger partial charge in [0.2, 0.25) is 11.8 Å². The normalized spacial score (nSPS) is 17.3. The number of ether oxygens (including phenoxy) is 2. The Bertz CT molecular complexity index is 2770. The van der Waals surface area contributed by atoms with E-state index >= 15 is 0 Å². The summed E-state index contributed by atoms with van der Waals surface area (Å²) in [7, 11) is 0. The highest BCUT2D eigenvalue weighted by Crippen LogP contribution is 2.40. The van der Waals surface area contributed by atoms with Gasteiger partial charge in [0.25, 0.3) is 5.91 Å². The maximum Gasteiger partial charge on any atom is 0.417 e. The van der Waals surface area contributed by atoms with Gasteiger partial charge in [-0.3, -0.25) is 24.1 Å². The van der Waals surface area contributed by atoms with Crippen LogP contribution in [0.4, 0.5) is 24.5 Å². The number of β-amino-alcohol motifs (C(OH)–C–C–N with tert-alkyl or cyclic N) is 1. The SMILES string of the molecule is CC(C)(C)[C@H](NC(=O)COCCCCOc1ccc(-c2ccc(N3C(=S)N(c4ccc(C#N)c(C(F)(F)F)c4)C(=O)C3(C)C)cc2)cc1)C(=O)N1C[C@H](O)C[C@H]1C(=O)CCc1ccc(-c2cnco2)cc1. The maximum absolute atomic E-state index is 14.0. The molecular weight excluding hydrogens is 938 g/mol. The van der Waals surface area contributed by atoms with Gasteiger partial charge in [-0.25, -0.2) is 4.98 Å². The van der Waals surface area contributed by atoms with Gasteiger partial charge in [-0.2, -0.15) is 18.4 Å². The summed E-state index contributed by atoms with van der Waals surface area (Å²) < 4.78 is 58.2. The largest absolute Gasteiger partial charge is 0.494 e. The number of carbonyl (C=O) groups is 4. The number of ketones is 1. The van der Waals surface area contributed by atoms with E-state index in [0.29, 0.717) is 43.1 Å². The number of anilines is 2. The number of aliphatic hydroxyl groups excluding tert-OH is 1. The van der Waals surface area contributed by atoms with Crippen LogP contribution in [0.25, 0.3) is 22.5 Å². The van der Waals surface area contributed by atoms with Crippen molar-refractivity contribution in [2.75, 3.05) is 36.2 Å². The van der Waals surface area contributed by atoms with Crippen LogP contribution in [0.5, 0.6) is 5.75 Å². The average molecular weight is 993 g/mol. The molecule has 1 aromatic heterocycles. The first kappa shape index (κ1) is 51.9. The van der Waals surface area contributed by atoms with Crippen molar-refractivity contribution >= 4 is 52.2 Å². The zero-order valence-corrected chi connectivity index (χ0v) is 40.8. The van der Waals surface area contributed by atoms with Crippen molar-refractivity contribution in [1.82, 2.24) is 15.2 Å². The van der Waals surface area contributed by atoms with Crippen LogP contribution < -0.4 is 19.9 Å². The number of alkyl halides is 3. The van der Waals surface area contributed by atoms with Gasteiger partial charge in [0, 0.05) is 37.2 Å². The fraction of sp³-hybridized carbons (Fsp3) is 0.377. The van der Waals surface area contributed by atoms with Crippen LogP contribution in [-0.4, -0.2) is 93.7 Å². The van der Waals surface area contributed by atoms with Gasteiger partial charge in [-0.15, -0.1) is 0 Å². The molecule has 3 heterocycles. The number of nitrogens with zero attached hydrogens (tertiary/aromatic N) is 5. The van der Waals surface area contributed by atoms with Crippen LogP contribution in [0.2, 0.25) is 0 Å². The van der Waals surface area contributed by atoms with E-state index in [-0.39, 0.29) is 49.2 Å². The molecule has 4 aromatic carbocycles. The number of aromatic nitrogens is 1. The summed E-state index contributed by atoms with van der Waals surface area (Å²) in [6, 6.07) is 25.2. The Morgan fingerprint density at radius 1 is 0.944 bits per heavy atom. The van der Waals surface area contributed by atoms with Gasteiger partial charge < -0.3 is 34.1 Å². The summed E-state index contributed by atoms with van der Waals surface area (Å²) >= 11 is 5.67. The molecule has 5 aromatic rings. The zero-order chi connectivity index (χ0) is 51.3. The molecular formula is C53H55F3N6O8S. The van der Waals surface area contributed by atoms with Crippen LogP contribution in [0, 0.1) is 16.7 Å². The number of unbranched alkanes of at least 4 members (excludes halogenated alkanes) is 1. The third-order valence-corrected chi connectivity index (χ3v) is 12.9. The lowest BCUT2D eigenvalue weighted by molar-refractivity contribution is -0.144. The van der Waals surface area contributed by atoms with Crippen LogP contribution >= 0.6 is 12.2 Å². The number of rotatable bonds is 18. The van der Waals surface area contributed by atoms with Crippen LogP contribution in [0.3, 0.4) is 0 Å². The minimum atomic E-state index is -4.80. The van der Waals surface area contributed by atoms with Crippen molar-refractivity contribution in [3.8, 4) is 34.3 Å². The van der Waals surface area contributed by atoms with Gasteiger partial charge in [-0.1, -0.05) is 69.3 Å². The Morgan fingerprint density at radius 2 is 1.58 bits per heavy atom. The second-order valence-corrected chi connectivity index (χ2v) is 19.5. The zero-order valence-electron chi connectivity index (χ0n) is 40.0. The third kappa shape index (κ3) is 12.0. The Labute approximate surface area is 415 Å². The molecule has 7 rings (SSSR count). The first-order valence-corrected chi connectivity index (χ1v) is 23.6. The number of benzene rings is 4. The second-order valence-electron chi connectivity index (χ2n) is 19.1. The van der Waals surface area contributed by atoms with E-state index in [0.717, 1.165) is 39.3 Å². The summed E-state index contributed by atoms with van der Waals surface area (Å²) in [6.45, 7) is 9.14. The molecule has 0 radical (unpaired) electrons. The van der Waals surface area contributed by atoms with Crippen molar-refractivity contribution in [3.05, 3.63) is 120 Å². The average Bonchev–Trinajstić information content (AvgIpc) is 4.06. The van der Waals surface area contributed by atoms with Crippen molar-refractivity contribution < 1.29 is 51.3 Å². The number of thiocarbonyl (C=S) groups is 1. The maximum atomic E-state index is 14.0. The summed E-state index contributed by atoms with van der Waals surface area (Å²) in [5.74, 6) is -0.301. The molecule has 2 fully saturated rings. The van der Waals surface area contributed by atoms with Crippen LogP contribution in [-0.2, 0) is 36.5 Å². The number of likely N-dealkylation sites (tertiary alicyclic amines) is 1. The highest BCUT2D eigenvalue weighted by Gasteiger charge is 2.51. The van der Waals surface area contributed by atoms with Gasteiger partial charge >= 0.3 is 6.18 Å². The molecule has 14 nitrogen and oxygen atoms in total. The lowest BCUT2D eigenvalue weighted by atomic mass is 9.85. The first-order valence-electron chi connectivity index (χ1n) is 23.2. The first-order chi connectivity index (χ1) is 33.7. The van der Waals surface area contributed by atoms with E-state index < -0.39 is 64.2 Å². The number of nitrogens with one attached hydrogen (secondary N) is 1. The van der Waals surface area contributed by atoms with E-state index in [1.165, 1.54) is 17.4 Å². The molecule has 3 atom stereocenters. The molecule has 0 spiro atoms. The van der Waals surface area contributed by atoms with Crippen LogP contribution in [0.15, 0.2) is 108 Å². The Kier molecular flexibility index (Phi) is 15.8. The van der Waals surface area contributed by atoms with Gasteiger partial charge in [0.15, 0.2) is 23.0 Å². The lowest BCUT2D eigenvalue weighted by Gasteiger charge is -2.35.